The zero-order valence-electron chi connectivity index (χ0n) is 9.16. The number of anilines is 2. The molecule has 1 unspecified atom stereocenters. The van der Waals surface area contributed by atoms with Gasteiger partial charge in [-0.05, 0) is 0 Å². The van der Waals surface area contributed by atoms with Crippen molar-refractivity contribution in [3.8, 4) is 0 Å². The fraction of sp³-hybridized carbons (Fsp3) is 0.500. The lowest BCUT2D eigenvalue weighted by molar-refractivity contribution is -0.383. The van der Waals surface area contributed by atoms with Crippen LogP contribution in [0, 0.1) is 10.1 Å². The topological polar surface area (TPSA) is 136 Å². The molecule has 1 heterocycles. The molecule has 0 saturated heterocycles. The fourth-order valence-electron chi connectivity index (χ4n) is 1.17. The monoisotopic (exact) mass is 243 g/mol. The summed E-state index contributed by atoms with van der Waals surface area (Å²) in [5.74, 6) is -0.258. The number of hydrogen-bond donors (Lipinski definition) is 3. The third-order valence-electron chi connectivity index (χ3n) is 1.90. The molecule has 0 bridgehead atoms. The summed E-state index contributed by atoms with van der Waals surface area (Å²) < 4.78 is 4.71. The highest BCUT2D eigenvalue weighted by molar-refractivity contribution is 5.67. The molecule has 1 aromatic rings. The lowest BCUT2D eigenvalue weighted by Gasteiger charge is -2.11. The molecule has 0 saturated carbocycles. The molecule has 0 aromatic carbocycles. The van der Waals surface area contributed by atoms with Crippen LogP contribution < -0.4 is 11.1 Å². The number of ether oxygens (including phenoxy) is 1. The number of nitrogens with two attached hydrogens (primary N) is 1. The molecule has 9 nitrogen and oxygen atoms in total. The summed E-state index contributed by atoms with van der Waals surface area (Å²) in [6, 6.07) is 0. The van der Waals surface area contributed by atoms with Crippen molar-refractivity contribution in [1.82, 2.24) is 9.97 Å². The Kier molecular flexibility index (Phi) is 4.55. The maximum Gasteiger partial charge on any atom is 0.352 e. The van der Waals surface area contributed by atoms with E-state index in [1.807, 2.05) is 0 Å². The summed E-state index contributed by atoms with van der Waals surface area (Å²) in [6.45, 7) is 0.173. The number of aliphatic hydroxyl groups excluding tert-OH is 1. The number of aromatic nitrogens is 2. The van der Waals surface area contributed by atoms with Crippen LogP contribution in [-0.2, 0) is 4.74 Å². The minimum absolute atomic E-state index is 0.0300. The van der Waals surface area contributed by atoms with Gasteiger partial charge in [-0.3, -0.25) is 10.1 Å². The van der Waals surface area contributed by atoms with Crippen LogP contribution in [0.4, 0.5) is 17.3 Å². The zero-order chi connectivity index (χ0) is 12.8. The van der Waals surface area contributed by atoms with Gasteiger partial charge in [0, 0.05) is 13.7 Å². The number of hydrogen-bond acceptors (Lipinski definition) is 8. The lowest BCUT2D eigenvalue weighted by atomic mass is 10.3. The van der Waals surface area contributed by atoms with Gasteiger partial charge in [0.1, 0.15) is 6.33 Å². The van der Waals surface area contributed by atoms with E-state index in [1.54, 1.807) is 0 Å². The Balaban J connectivity index is 2.77. The second-order valence-electron chi connectivity index (χ2n) is 3.20. The van der Waals surface area contributed by atoms with Crippen LogP contribution in [0.2, 0.25) is 0 Å². The first-order valence-electron chi connectivity index (χ1n) is 4.72. The van der Waals surface area contributed by atoms with Crippen molar-refractivity contribution in [2.24, 2.45) is 0 Å². The molecule has 1 aromatic heterocycles. The quantitative estimate of drug-likeness (QED) is 0.444. The summed E-state index contributed by atoms with van der Waals surface area (Å²) >= 11 is 0. The van der Waals surface area contributed by atoms with Gasteiger partial charge in [-0.2, -0.15) is 0 Å². The minimum Gasteiger partial charge on any atom is -0.389 e. The van der Waals surface area contributed by atoms with Crippen molar-refractivity contribution in [1.29, 1.82) is 0 Å². The second-order valence-corrected chi connectivity index (χ2v) is 3.20. The van der Waals surface area contributed by atoms with E-state index < -0.39 is 16.7 Å². The molecule has 0 aliphatic carbocycles. The number of aliphatic hydroxyl groups is 1. The Morgan fingerprint density at radius 1 is 1.71 bits per heavy atom. The Morgan fingerprint density at radius 3 is 3.00 bits per heavy atom. The highest BCUT2D eigenvalue weighted by atomic mass is 16.6. The number of nitrogens with zero attached hydrogens (tertiary/aromatic N) is 3. The van der Waals surface area contributed by atoms with E-state index in [0.29, 0.717) is 0 Å². The average Bonchev–Trinajstić information content (AvgIpc) is 2.26. The van der Waals surface area contributed by atoms with Crippen LogP contribution in [0.25, 0.3) is 0 Å². The molecule has 0 fully saturated rings. The van der Waals surface area contributed by atoms with Crippen molar-refractivity contribution in [3.05, 3.63) is 16.4 Å². The first-order chi connectivity index (χ1) is 8.06. The van der Waals surface area contributed by atoms with Gasteiger partial charge in [-0.15, -0.1) is 0 Å². The Bertz CT molecular complexity index is 400. The molecular weight excluding hydrogens is 230 g/mol. The van der Waals surface area contributed by atoms with Crippen molar-refractivity contribution in [2.75, 3.05) is 31.3 Å². The van der Waals surface area contributed by atoms with E-state index in [-0.39, 0.29) is 24.8 Å². The van der Waals surface area contributed by atoms with Crippen LogP contribution in [0.3, 0.4) is 0 Å². The number of methoxy groups -OCH3 is 1. The highest BCUT2D eigenvalue weighted by Gasteiger charge is 2.21. The summed E-state index contributed by atoms with van der Waals surface area (Å²) in [5, 5.41) is 22.7. The molecule has 0 radical (unpaired) electrons. The lowest BCUT2D eigenvalue weighted by Crippen LogP contribution is -2.25. The van der Waals surface area contributed by atoms with Crippen LogP contribution in [0.5, 0.6) is 0 Å². The third-order valence-corrected chi connectivity index (χ3v) is 1.90. The zero-order valence-corrected chi connectivity index (χ0v) is 9.16. The van der Waals surface area contributed by atoms with Crippen LogP contribution in [0.15, 0.2) is 6.33 Å². The van der Waals surface area contributed by atoms with Gasteiger partial charge in [0.05, 0.1) is 17.6 Å². The number of nitrogen functional groups attached to an aromatic ring is 1. The van der Waals surface area contributed by atoms with Gasteiger partial charge in [-0.1, -0.05) is 0 Å². The van der Waals surface area contributed by atoms with E-state index in [4.69, 9.17) is 10.5 Å². The summed E-state index contributed by atoms with van der Waals surface area (Å²) in [5.41, 5.74) is 4.96. The molecule has 1 atom stereocenters. The number of rotatable bonds is 6. The largest absolute Gasteiger partial charge is 0.389 e. The average molecular weight is 243 g/mol. The van der Waals surface area contributed by atoms with Crippen molar-refractivity contribution >= 4 is 17.3 Å². The SMILES string of the molecule is COCC(O)CNc1ncnc(N)c1[N+](=O)[O-]. The molecule has 1 rings (SSSR count). The molecular formula is C8H13N5O4. The van der Waals surface area contributed by atoms with Crippen molar-refractivity contribution in [3.63, 3.8) is 0 Å². The maximum atomic E-state index is 10.7. The maximum absolute atomic E-state index is 10.7. The van der Waals surface area contributed by atoms with E-state index in [2.05, 4.69) is 15.3 Å². The smallest absolute Gasteiger partial charge is 0.352 e. The molecule has 0 amide bonds. The number of nitro groups is 1. The van der Waals surface area contributed by atoms with Gasteiger partial charge in [0.15, 0.2) is 0 Å². The summed E-state index contributed by atoms with van der Waals surface area (Å²) in [6.07, 6.45) is 0.309. The first kappa shape index (κ1) is 13.1. The third kappa shape index (κ3) is 3.50. The van der Waals surface area contributed by atoms with Crippen LogP contribution in [-0.4, -0.2) is 46.4 Å². The Hall–Kier alpha value is -2.00. The van der Waals surface area contributed by atoms with E-state index in [9.17, 15) is 15.2 Å². The van der Waals surface area contributed by atoms with Gasteiger partial charge >= 0.3 is 5.69 Å². The molecule has 94 valence electrons. The molecule has 0 aliphatic rings. The van der Waals surface area contributed by atoms with Crippen molar-refractivity contribution < 1.29 is 14.8 Å². The van der Waals surface area contributed by atoms with E-state index >= 15 is 0 Å². The van der Waals surface area contributed by atoms with Crippen LogP contribution in [0.1, 0.15) is 0 Å². The van der Waals surface area contributed by atoms with Gasteiger partial charge in [0.25, 0.3) is 0 Å². The highest BCUT2D eigenvalue weighted by Crippen LogP contribution is 2.25. The molecule has 0 aliphatic heterocycles. The minimum atomic E-state index is -0.796. The Labute approximate surface area is 96.8 Å². The molecule has 17 heavy (non-hydrogen) atoms. The number of nitrogens with one attached hydrogen (secondary N) is 1. The van der Waals surface area contributed by atoms with E-state index in [1.165, 1.54) is 7.11 Å². The normalized spacial score (nSPS) is 12.1. The van der Waals surface area contributed by atoms with Crippen molar-refractivity contribution in [2.45, 2.75) is 6.10 Å². The predicted octanol–water partition coefficient (Wildman–Crippen LogP) is -0.614. The molecule has 9 heteroatoms. The summed E-state index contributed by atoms with van der Waals surface area (Å²) in [4.78, 5) is 17.3. The Morgan fingerprint density at radius 2 is 2.41 bits per heavy atom. The fourth-order valence-corrected chi connectivity index (χ4v) is 1.17. The molecule has 0 spiro atoms. The van der Waals surface area contributed by atoms with Gasteiger partial charge in [0.2, 0.25) is 11.6 Å². The van der Waals surface area contributed by atoms with Gasteiger partial charge in [-0.25, -0.2) is 9.97 Å². The standard InChI is InChI=1S/C8H13N5O4/c1-17-3-5(14)2-10-8-6(13(15)16)7(9)11-4-12-8/h4-5,14H,2-3H2,1H3,(H3,9,10,11,12). The summed E-state index contributed by atoms with van der Waals surface area (Å²) in [7, 11) is 1.44. The first-order valence-corrected chi connectivity index (χ1v) is 4.72. The predicted molar refractivity (Wildman–Crippen MR) is 59.5 cm³/mol. The second kappa shape index (κ2) is 5.92. The van der Waals surface area contributed by atoms with Crippen LogP contribution >= 0.6 is 0 Å². The van der Waals surface area contributed by atoms with E-state index in [0.717, 1.165) is 6.33 Å². The van der Waals surface area contributed by atoms with Gasteiger partial charge < -0.3 is 20.9 Å². The molecule has 4 N–H and O–H groups in total.